The Kier molecular flexibility index (Phi) is 4.05. The molecular formula is C14H16N6. The molecule has 0 amide bonds. The number of imidazole rings is 1. The zero-order chi connectivity index (χ0) is 14.5. The first-order valence-electron chi connectivity index (χ1n) is 6.10. The molecule has 0 aliphatic rings. The number of fused-ring (bicyclic) bond motifs is 1. The van der Waals surface area contributed by atoms with Gasteiger partial charge < -0.3 is 11.1 Å². The first kappa shape index (κ1) is 13.7. The van der Waals surface area contributed by atoms with Crippen LogP contribution in [-0.2, 0) is 0 Å². The molecule has 0 atom stereocenters. The fourth-order valence-corrected chi connectivity index (χ4v) is 1.89. The number of nitrogens with one attached hydrogen (secondary N) is 1. The number of aromatic nitrogens is 3. The summed E-state index contributed by atoms with van der Waals surface area (Å²) >= 11 is 0. The van der Waals surface area contributed by atoms with E-state index in [1.54, 1.807) is 19.5 Å². The molecule has 102 valence electrons. The Bertz CT molecular complexity index is 720. The summed E-state index contributed by atoms with van der Waals surface area (Å²) in [5.74, 6) is 0.649. The SMILES string of the molecule is C/C=C(\C=N)c1nc(C(C=NC)=CN)cc2nccn12. The molecule has 0 aliphatic carbocycles. The van der Waals surface area contributed by atoms with Gasteiger partial charge in [-0.15, -0.1) is 0 Å². The van der Waals surface area contributed by atoms with Crippen molar-refractivity contribution in [3.05, 3.63) is 42.3 Å². The van der Waals surface area contributed by atoms with Crippen LogP contribution in [0.4, 0.5) is 0 Å². The van der Waals surface area contributed by atoms with E-state index in [1.165, 1.54) is 12.4 Å². The van der Waals surface area contributed by atoms with Crippen molar-refractivity contribution in [3.63, 3.8) is 0 Å². The van der Waals surface area contributed by atoms with Crippen LogP contribution in [0.1, 0.15) is 18.4 Å². The molecule has 6 heteroatoms. The van der Waals surface area contributed by atoms with Crippen LogP contribution in [0.2, 0.25) is 0 Å². The summed E-state index contributed by atoms with van der Waals surface area (Å²) in [5.41, 5.74) is 8.46. The largest absolute Gasteiger partial charge is 0.404 e. The lowest BCUT2D eigenvalue weighted by atomic mass is 10.2. The Morgan fingerprint density at radius 1 is 1.45 bits per heavy atom. The van der Waals surface area contributed by atoms with Crippen molar-refractivity contribution in [2.45, 2.75) is 6.92 Å². The van der Waals surface area contributed by atoms with E-state index in [9.17, 15) is 0 Å². The van der Waals surface area contributed by atoms with Crippen LogP contribution >= 0.6 is 0 Å². The Morgan fingerprint density at radius 3 is 2.85 bits per heavy atom. The molecule has 0 saturated heterocycles. The molecule has 0 aliphatic heterocycles. The van der Waals surface area contributed by atoms with Crippen LogP contribution in [0, 0.1) is 5.41 Å². The van der Waals surface area contributed by atoms with Gasteiger partial charge in [0.1, 0.15) is 11.5 Å². The molecule has 2 heterocycles. The molecule has 0 aromatic carbocycles. The summed E-state index contributed by atoms with van der Waals surface area (Å²) in [6, 6.07) is 1.83. The van der Waals surface area contributed by atoms with Crippen molar-refractivity contribution in [3.8, 4) is 0 Å². The Labute approximate surface area is 116 Å². The Balaban J connectivity index is 2.74. The number of hydrogen-bond acceptors (Lipinski definition) is 5. The molecule has 0 bridgehead atoms. The summed E-state index contributed by atoms with van der Waals surface area (Å²) in [5, 5.41) is 7.50. The van der Waals surface area contributed by atoms with Gasteiger partial charge >= 0.3 is 0 Å². The average molecular weight is 268 g/mol. The maximum atomic E-state index is 7.50. The van der Waals surface area contributed by atoms with Crippen LogP contribution in [0.15, 0.2) is 35.7 Å². The van der Waals surface area contributed by atoms with Crippen molar-refractivity contribution in [2.24, 2.45) is 10.7 Å². The Morgan fingerprint density at radius 2 is 2.25 bits per heavy atom. The van der Waals surface area contributed by atoms with Crippen LogP contribution in [-0.4, -0.2) is 33.8 Å². The molecular weight excluding hydrogens is 252 g/mol. The third kappa shape index (κ3) is 2.35. The van der Waals surface area contributed by atoms with E-state index in [4.69, 9.17) is 11.1 Å². The number of aliphatic imine (C=N–C) groups is 1. The number of rotatable bonds is 4. The van der Waals surface area contributed by atoms with Gasteiger partial charge in [-0.05, 0) is 6.92 Å². The normalized spacial score (nSPS) is 13.3. The molecule has 2 aromatic heterocycles. The van der Waals surface area contributed by atoms with Crippen molar-refractivity contribution >= 4 is 29.2 Å². The summed E-state index contributed by atoms with van der Waals surface area (Å²) in [6.45, 7) is 1.87. The van der Waals surface area contributed by atoms with Crippen molar-refractivity contribution in [1.82, 2.24) is 14.4 Å². The minimum atomic E-state index is 0.649. The van der Waals surface area contributed by atoms with Crippen molar-refractivity contribution in [1.29, 1.82) is 5.41 Å². The number of allylic oxidation sites excluding steroid dienone is 3. The minimum absolute atomic E-state index is 0.649. The van der Waals surface area contributed by atoms with Crippen LogP contribution in [0.25, 0.3) is 16.8 Å². The van der Waals surface area contributed by atoms with E-state index in [-0.39, 0.29) is 0 Å². The molecule has 6 nitrogen and oxygen atoms in total. The standard InChI is InChI=1S/C14H16N6/c1-3-10(7-15)14-19-12(11(8-16)9-17-2)6-13-18-4-5-20(13)14/h3-9,15H,16H2,1-2H3/b10-3+,11-8?,15-7?,17-9?. The van der Waals surface area contributed by atoms with Gasteiger partial charge in [-0.3, -0.25) is 9.39 Å². The summed E-state index contributed by atoms with van der Waals surface area (Å²) < 4.78 is 1.83. The van der Waals surface area contributed by atoms with Crippen LogP contribution in [0.3, 0.4) is 0 Å². The third-order valence-electron chi connectivity index (χ3n) is 2.86. The molecule has 20 heavy (non-hydrogen) atoms. The molecule has 0 spiro atoms. The van der Waals surface area contributed by atoms with Gasteiger partial charge in [0.25, 0.3) is 0 Å². The quantitative estimate of drug-likeness (QED) is 0.828. The second kappa shape index (κ2) is 5.92. The van der Waals surface area contributed by atoms with Gasteiger partial charge in [0.05, 0.1) is 5.69 Å². The summed E-state index contributed by atoms with van der Waals surface area (Å²) in [6.07, 6.45) is 9.71. The highest BCUT2D eigenvalue weighted by Crippen LogP contribution is 2.17. The fraction of sp³-hybridized carbons (Fsp3) is 0.143. The summed E-state index contributed by atoms with van der Waals surface area (Å²) in [4.78, 5) is 12.8. The average Bonchev–Trinajstić information content (AvgIpc) is 2.94. The van der Waals surface area contributed by atoms with Crippen LogP contribution < -0.4 is 5.73 Å². The summed E-state index contributed by atoms with van der Waals surface area (Å²) in [7, 11) is 1.67. The molecule has 2 rings (SSSR count). The predicted octanol–water partition coefficient (Wildman–Crippen LogP) is 1.78. The lowest BCUT2D eigenvalue weighted by Crippen LogP contribution is -2.05. The van der Waals surface area contributed by atoms with Gasteiger partial charge in [-0.25, -0.2) is 9.97 Å². The minimum Gasteiger partial charge on any atom is -0.404 e. The van der Waals surface area contributed by atoms with Crippen molar-refractivity contribution in [2.75, 3.05) is 7.05 Å². The van der Waals surface area contributed by atoms with Gasteiger partial charge in [-0.2, -0.15) is 0 Å². The molecule has 0 fully saturated rings. The first-order chi connectivity index (χ1) is 9.74. The fourth-order valence-electron chi connectivity index (χ4n) is 1.89. The topological polar surface area (TPSA) is 92.4 Å². The second-order valence-corrected chi connectivity index (χ2v) is 4.02. The highest BCUT2D eigenvalue weighted by atomic mass is 15.1. The van der Waals surface area contributed by atoms with E-state index < -0.39 is 0 Å². The van der Waals surface area contributed by atoms with Gasteiger partial charge in [0.2, 0.25) is 0 Å². The van der Waals surface area contributed by atoms with E-state index in [0.717, 1.165) is 5.65 Å². The highest BCUT2D eigenvalue weighted by Gasteiger charge is 2.11. The van der Waals surface area contributed by atoms with E-state index in [0.29, 0.717) is 22.7 Å². The van der Waals surface area contributed by atoms with E-state index in [1.807, 2.05) is 29.7 Å². The maximum absolute atomic E-state index is 7.50. The zero-order valence-corrected chi connectivity index (χ0v) is 11.4. The smallest absolute Gasteiger partial charge is 0.147 e. The Hall–Kier alpha value is -2.76. The number of nitrogens with two attached hydrogens (primary N) is 1. The molecule has 0 saturated carbocycles. The van der Waals surface area contributed by atoms with E-state index in [2.05, 4.69) is 15.0 Å². The molecule has 2 aromatic rings. The van der Waals surface area contributed by atoms with Crippen LogP contribution in [0.5, 0.6) is 0 Å². The molecule has 0 radical (unpaired) electrons. The van der Waals surface area contributed by atoms with Gasteiger partial charge in [-0.1, -0.05) is 6.08 Å². The molecule has 0 unspecified atom stereocenters. The highest BCUT2D eigenvalue weighted by molar-refractivity contribution is 6.10. The van der Waals surface area contributed by atoms with Gasteiger partial charge in [0.15, 0.2) is 0 Å². The zero-order valence-electron chi connectivity index (χ0n) is 11.4. The number of nitrogens with zero attached hydrogens (tertiary/aromatic N) is 4. The monoisotopic (exact) mass is 268 g/mol. The third-order valence-corrected chi connectivity index (χ3v) is 2.86. The lowest BCUT2D eigenvalue weighted by Gasteiger charge is -2.08. The van der Waals surface area contributed by atoms with Crippen molar-refractivity contribution < 1.29 is 0 Å². The van der Waals surface area contributed by atoms with Gasteiger partial charge in [0, 0.05) is 55.3 Å². The number of hydrogen-bond donors (Lipinski definition) is 2. The predicted molar refractivity (Wildman–Crippen MR) is 82.0 cm³/mol. The maximum Gasteiger partial charge on any atom is 0.147 e. The second-order valence-electron chi connectivity index (χ2n) is 4.02. The first-order valence-corrected chi connectivity index (χ1v) is 6.10. The lowest BCUT2D eigenvalue weighted by molar-refractivity contribution is 1.04. The molecule has 3 N–H and O–H groups in total. The van der Waals surface area contributed by atoms with E-state index >= 15 is 0 Å².